The number of rotatable bonds is 6. The molecule has 2 aromatic heterocycles. The highest BCUT2D eigenvalue weighted by molar-refractivity contribution is 8.03. The van der Waals surface area contributed by atoms with Crippen LogP contribution in [0.1, 0.15) is 48.9 Å². The maximum Gasteiger partial charge on any atom is 0.420 e. The number of fused-ring (bicyclic) bond motifs is 1. The molecule has 7 rings (SSSR count). The first-order valence-electron chi connectivity index (χ1n) is 16.4. The molecule has 2 saturated heterocycles. The van der Waals surface area contributed by atoms with E-state index in [1.165, 1.54) is 51.2 Å². The van der Waals surface area contributed by atoms with Gasteiger partial charge in [-0.1, -0.05) is 42.1 Å². The molecular formula is C36H34ClF5N8O2S. The van der Waals surface area contributed by atoms with Crippen molar-refractivity contribution in [3.05, 3.63) is 81.5 Å². The summed E-state index contributed by atoms with van der Waals surface area (Å²) in [6, 6.07) is 4.74. The molecule has 3 aliphatic heterocycles. The number of nitriles is 1. The summed E-state index contributed by atoms with van der Waals surface area (Å²) in [6.07, 6.45) is 0.215. The van der Waals surface area contributed by atoms with Gasteiger partial charge in [0.25, 0.3) is 0 Å². The van der Waals surface area contributed by atoms with Crippen LogP contribution in [0.25, 0.3) is 22.0 Å². The highest BCUT2D eigenvalue weighted by Crippen LogP contribution is 2.53. The van der Waals surface area contributed by atoms with Gasteiger partial charge in [0.05, 0.1) is 45.6 Å². The fraction of sp³-hybridized carbons (Fsp3) is 0.333. The van der Waals surface area contributed by atoms with Gasteiger partial charge in [-0.3, -0.25) is 4.90 Å². The first-order chi connectivity index (χ1) is 25.1. The van der Waals surface area contributed by atoms with E-state index in [0.717, 1.165) is 18.2 Å². The van der Waals surface area contributed by atoms with Crippen LogP contribution in [0.3, 0.4) is 0 Å². The maximum absolute atomic E-state index is 16.7. The molecule has 0 amide bonds. The summed E-state index contributed by atoms with van der Waals surface area (Å²) in [5, 5.41) is 9.65. The molecule has 2 aromatic carbocycles. The predicted molar refractivity (Wildman–Crippen MR) is 194 cm³/mol. The second-order valence-electron chi connectivity index (χ2n) is 12.7. The minimum atomic E-state index is -5.23. The third-order valence-corrected chi connectivity index (χ3v) is 10.4. The number of halogens is 6. The van der Waals surface area contributed by atoms with E-state index in [9.17, 15) is 9.65 Å². The number of anilines is 2. The van der Waals surface area contributed by atoms with Crippen LogP contribution < -0.4 is 25.8 Å². The summed E-state index contributed by atoms with van der Waals surface area (Å²) in [4.78, 5) is 16.1. The molecule has 2 atom stereocenters. The quantitative estimate of drug-likeness (QED) is 0.112. The molecule has 3 aliphatic rings. The van der Waals surface area contributed by atoms with Gasteiger partial charge >= 0.3 is 12.2 Å². The van der Waals surface area contributed by atoms with Crippen molar-refractivity contribution in [2.45, 2.75) is 49.3 Å². The molecule has 4 aromatic rings. The zero-order chi connectivity index (χ0) is 38.4. The van der Waals surface area contributed by atoms with E-state index < -0.39 is 67.7 Å². The summed E-state index contributed by atoms with van der Waals surface area (Å²) < 4.78 is 87.4. The number of thioether (sulfide) groups is 1. The number of benzene rings is 2. The lowest BCUT2D eigenvalue weighted by molar-refractivity contribution is -0.138. The summed E-state index contributed by atoms with van der Waals surface area (Å²) in [7, 11) is 1.20. The lowest BCUT2D eigenvalue weighted by Crippen LogP contribution is -2.31. The summed E-state index contributed by atoms with van der Waals surface area (Å²) in [5.74, 6) is -3.24. The van der Waals surface area contributed by atoms with Crippen molar-refractivity contribution < 1.29 is 31.4 Å². The van der Waals surface area contributed by atoms with E-state index in [4.69, 9.17) is 32.5 Å². The molecule has 278 valence electrons. The number of nitrogens with two attached hydrogens (primary N) is 2. The number of nitrogens with zero attached hydrogens (tertiary/aromatic N) is 6. The molecular weight excluding hydrogens is 739 g/mol. The van der Waals surface area contributed by atoms with E-state index in [2.05, 4.69) is 33.0 Å². The molecule has 0 radical (unpaired) electrons. The first kappa shape index (κ1) is 37.9. The molecule has 0 aliphatic carbocycles. The second kappa shape index (κ2) is 14.9. The molecule has 53 heavy (non-hydrogen) atoms. The topological polar surface area (TPSA) is 139 Å². The van der Waals surface area contributed by atoms with Crippen molar-refractivity contribution in [3.8, 4) is 29.0 Å². The number of pyridine rings is 1. The Hall–Kier alpha value is -4.85. The number of nitrogen functional groups attached to an aromatic ring is 1. The third-order valence-electron chi connectivity index (χ3n) is 9.33. The number of hydrogen-bond acceptors (Lipinski definition) is 11. The van der Waals surface area contributed by atoms with Crippen molar-refractivity contribution >= 4 is 45.9 Å². The van der Waals surface area contributed by atoms with Crippen LogP contribution in [0.2, 0.25) is 5.02 Å². The molecule has 17 heteroatoms. The minimum Gasteiger partial charge on any atom is -0.490 e. The van der Waals surface area contributed by atoms with Crippen LogP contribution in [0.15, 0.2) is 53.1 Å². The fourth-order valence-electron chi connectivity index (χ4n) is 7.05. The van der Waals surface area contributed by atoms with E-state index >= 15 is 17.6 Å². The van der Waals surface area contributed by atoms with E-state index in [1.54, 1.807) is 24.0 Å². The molecule has 2 fully saturated rings. The Kier molecular flexibility index (Phi) is 10.6. The lowest BCUT2D eigenvalue weighted by atomic mass is 9.91. The molecule has 10 nitrogen and oxygen atoms in total. The van der Waals surface area contributed by atoms with Crippen LogP contribution in [-0.4, -0.2) is 59.2 Å². The lowest BCUT2D eigenvalue weighted by Gasteiger charge is -2.30. The third kappa shape index (κ3) is 7.25. The Labute approximate surface area is 311 Å². The number of ether oxygens (including phenoxy) is 2. The summed E-state index contributed by atoms with van der Waals surface area (Å²) in [5.41, 5.74) is 9.20. The first-order valence-corrected chi connectivity index (χ1v) is 17.6. The molecule has 4 N–H and O–H groups in total. The standard InChI is InChI=1S/C28H21ClF5N7O2S.C8H13N/c1-11(15-8-13(29)10-38-25(15)37)41-6-7-43-23-19-22(39-27(42-3)40-26(19)41)21(31)18(20(23)28(32,33)34)14-4-5-17(30)24(16(14)9-35)44-12(2)36;1-7-5-8-3-2-4-9(8)6-7/h4-5,8,10-11H,2,6-7,36H2,1,3H3,(H2,37,38);8H,1-6H2/t11-;/m1./s1. The zero-order valence-electron chi connectivity index (χ0n) is 28.7. The maximum atomic E-state index is 16.7. The van der Waals surface area contributed by atoms with Gasteiger partial charge in [0.2, 0.25) is 0 Å². The highest BCUT2D eigenvalue weighted by atomic mass is 35.5. The van der Waals surface area contributed by atoms with E-state index in [0.29, 0.717) is 17.3 Å². The molecule has 0 bridgehead atoms. The van der Waals surface area contributed by atoms with Crippen molar-refractivity contribution in [2.24, 2.45) is 5.73 Å². The number of alkyl halides is 3. The summed E-state index contributed by atoms with van der Waals surface area (Å²) in [6.45, 7) is 11.3. The van der Waals surface area contributed by atoms with E-state index in [1.807, 2.05) is 0 Å². The van der Waals surface area contributed by atoms with Gasteiger partial charge in [-0.25, -0.2) is 13.8 Å². The Morgan fingerprint density at radius 3 is 2.66 bits per heavy atom. The van der Waals surface area contributed by atoms with Crippen LogP contribution in [0, 0.1) is 23.0 Å². The van der Waals surface area contributed by atoms with Crippen LogP contribution in [0.4, 0.5) is 33.6 Å². The average molecular weight is 773 g/mol. The van der Waals surface area contributed by atoms with Gasteiger partial charge < -0.3 is 25.8 Å². The minimum absolute atomic E-state index is 0.0370. The van der Waals surface area contributed by atoms with Crippen LogP contribution >= 0.6 is 23.4 Å². The van der Waals surface area contributed by atoms with Gasteiger partial charge in [-0.15, -0.1) is 0 Å². The van der Waals surface area contributed by atoms with Gasteiger partial charge in [0.1, 0.15) is 47.0 Å². The van der Waals surface area contributed by atoms with Crippen molar-refractivity contribution in [2.75, 3.05) is 44.0 Å². The van der Waals surface area contributed by atoms with Gasteiger partial charge in [0.15, 0.2) is 5.82 Å². The fourth-order valence-corrected chi connectivity index (χ4v) is 7.91. The smallest absolute Gasteiger partial charge is 0.420 e. The predicted octanol–water partition coefficient (Wildman–Crippen LogP) is 8.00. The van der Waals surface area contributed by atoms with Gasteiger partial charge in [-0.2, -0.15) is 28.4 Å². The molecule has 1 unspecified atom stereocenters. The molecule has 5 heterocycles. The van der Waals surface area contributed by atoms with Crippen LogP contribution in [-0.2, 0) is 6.18 Å². The zero-order valence-corrected chi connectivity index (χ0v) is 30.2. The second-order valence-corrected chi connectivity index (χ2v) is 14.3. The number of aromatic nitrogens is 3. The number of hydrogen-bond donors (Lipinski definition) is 2. The van der Waals surface area contributed by atoms with E-state index in [-0.39, 0.29) is 40.8 Å². The Morgan fingerprint density at radius 2 is 2.00 bits per heavy atom. The van der Waals surface area contributed by atoms with Crippen molar-refractivity contribution in [3.63, 3.8) is 0 Å². The van der Waals surface area contributed by atoms with Crippen molar-refractivity contribution in [1.29, 1.82) is 5.26 Å². The monoisotopic (exact) mass is 772 g/mol. The highest BCUT2D eigenvalue weighted by Gasteiger charge is 2.44. The SMILES string of the molecule is C=C(N)Sc1c(F)ccc(-c2c(C(F)(F)F)c3c4c(nc(OC)nc4c2F)N([C@H](C)c2cc(Cl)cnc2N)CCO3)c1C#N.C=C1CC2CCCN2C1. The largest absolute Gasteiger partial charge is 0.490 e. The Bertz CT molecular complexity index is 2170. The van der Waals surface area contributed by atoms with Crippen molar-refractivity contribution in [1.82, 2.24) is 19.9 Å². The number of methoxy groups -OCH3 is 1. The van der Waals surface area contributed by atoms with Gasteiger partial charge in [0, 0.05) is 35.5 Å². The summed E-state index contributed by atoms with van der Waals surface area (Å²) >= 11 is 6.66. The normalized spacial score (nSPS) is 17.4. The Balaban J connectivity index is 0.000000461. The van der Waals surface area contributed by atoms with Gasteiger partial charge in [-0.05, 0) is 50.9 Å². The molecule has 0 saturated carbocycles. The van der Waals surface area contributed by atoms with Crippen LogP contribution in [0.5, 0.6) is 11.8 Å². The Morgan fingerprint density at radius 1 is 1.25 bits per heavy atom. The average Bonchev–Trinajstić information content (AvgIpc) is 3.63. The molecule has 0 spiro atoms.